The first-order valence-electron chi connectivity index (χ1n) is 4.53. The monoisotopic (exact) mass is 254 g/mol. The Morgan fingerprint density at radius 1 is 1.12 bits per heavy atom. The molecule has 0 bridgehead atoms. The molecule has 2 rings (SSSR count). The van der Waals surface area contributed by atoms with E-state index in [1.54, 1.807) is 25.4 Å². The molecule has 0 unspecified atom stereocenters. The Bertz CT molecular complexity index is 499. The average Bonchev–Trinajstić information content (AvgIpc) is 2.33. The van der Waals surface area contributed by atoms with Crippen molar-refractivity contribution in [2.45, 2.75) is 0 Å². The van der Waals surface area contributed by atoms with Gasteiger partial charge in [0.05, 0.1) is 16.2 Å². The van der Waals surface area contributed by atoms with E-state index in [1.807, 2.05) is 6.07 Å². The molecule has 0 aliphatic heterocycles. The van der Waals surface area contributed by atoms with Crippen molar-refractivity contribution in [2.24, 2.45) is 0 Å². The predicted molar refractivity (Wildman–Crippen MR) is 64.8 cm³/mol. The zero-order valence-corrected chi connectivity index (χ0v) is 9.92. The summed E-state index contributed by atoms with van der Waals surface area (Å²) in [5, 5.41) is 11.7. The molecule has 1 aromatic heterocycles. The zero-order chi connectivity index (χ0) is 11.5. The minimum absolute atomic E-state index is 0.476. The molecular weight excluding hydrogens is 247 g/mol. The fraction of sp³-hybridized carbons (Fsp3) is 0.100. The Kier molecular flexibility index (Phi) is 3.22. The second kappa shape index (κ2) is 4.63. The molecule has 1 heterocycles. The highest BCUT2D eigenvalue weighted by atomic mass is 35.5. The molecule has 0 atom stereocenters. The van der Waals surface area contributed by atoms with Gasteiger partial charge in [-0.05, 0) is 12.1 Å². The molecule has 0 aliphatic rings. The molecule has 0 spiro atoms. The molecule has 0 fully saturated rings. The summed E-state index contributed by atoms with van der Waals surface area (Å²) in [5.74, 6) is 0.476. The minimum atomic E-state index is 0.476. The van der Waals surface area contributed by atoms with Crippen LogP contribution in [0.1, 0.15) is 0 Å². The van der Waals surface area contributed by atoms with Crippen molar-refractivity contribution in [3.8, 4) is 11.3 Å². The van der Waals surface area contributed by atoms with Gasteiger partial charge in [-0.3, -0.25) is 0 Å². The van der Waals surface area contributed by atoms with Crippen LogP contribution in [0.25, 0.3) is 11.3 Å². The van der Waals surface area contributed by atoms with Gasteiger partial charge < -0.3 is 5.32 Å². The first-order valence-corrected chi connectivity index (χ1v) is 5.29. The van der Waals surface area contributed by atoms with Crippen molar-refractivity contribution < 1.29 is 0 Å². The van der Waals surface area contributed by atoms with Crippen LogP contribution in [-0.4, -0.2) is 22.2 Å². The highest BCUT2D eigenvalue weighted by molar-refractivity contribution is 6.42. The van der Waals surface area contributed by atoms with E-state index in [-0.39, 0.29) is 0 Å². The molecule has 16 heavy (non-hydrogen) atoms. The van der Waals surface area contributed by atoms with Crippen LogP contribution < -0.4 is 5.32 Å². The lowest BCUT2D eigenvalue weighted by molar-refractivity contribution is 0.980. The summed E-state index contributed by atoms with van der Waals surface area (Å²) >= 11 is 11.7. The number of hydrogen-bond acceptors (Lipinski definition) is 4. The topological polar surface area (TPSA) is 50.7 Å². The van der Waals surface area contributed by atoms with Gasteiger partial charge >= 0.3 is 0 Å². The first kappa shape index (κ1) is 11.1. The summed E-state index contributed by atoms with van der Waals surface area (Å²) in [6, 6.07) is 5.26. The number of rotatable bonds is 2. The Morgan fingerprint density at radius 2 is 1.94 bits per heavy atom. The lowest BCUT2D eigenvalue weighted by Gasteiger charge is -2.02. The number of anilines is 1. The molecule has 0 aliphatic carbocycles. The standard InChI is InChI=1S/C10H8Cl2N4/c1-13-10-14-5-9(15-16-10)6-2-3-7(11)8(12)4-6/h2-5H,1H3,(H,13,14,16). The normalized spacial score (nSPS) is 10.2. The van der Waals surface area contributed by atoms with E-state index < -0.39 is 0 Å². The Labute approximate surface area is 103 Å². The highest BCUT2D eigenvalue weighted by Crippen LogP contribution is 2.26. The number of benzene rings is 1. The summed E-state index contributed by atoms with van der Waals surface area (Å²) in [6.45, 7) is 0. The van der Waals surface area contributed by atoms with E-state index in [2.05, 4.69) is 20.5 Å². The third-order valence-electron chi connectivity index (χ3n) is 2.00. The molecule has 6 heteroatoms. The van der Waals surface area contributed by atoms with E-state index >= 15 is 0 Å². The van der Waals surface area contributed by atoms with Crippen molar-refractivity contribution in [3.05, 3.63) is 34.4 Å². The summed E-state index contributed by atoms with van der Waals surface area (Å²) in [4.78, 5) is 4.06. The van der Waals surface area contributed by atoms with E-state index in [1.165, 1.54) is 0 Å². The van der Waals surface area contributed by atoms with Gasteiger partial charge in [0.25, 0.3) is 0 Å². The third-order valence-corrected chi connectivity index (χ3v) is 2.74. The van der Waals surface area contributed by atoms with Crippen molar-refractivity contribution in [2.75, 3.05) is 12.4 Å². The molecule has 4 nitrogen and oxygen atoms in total. The number of nitrogens with zero attached hydrogens (tertiary/aromatic N) is 3. The van der Waals surface area contributed by atoms with Crippen molar-refractivity contribution in [1.82, 2.24) is 15.2 Å². The Hall–Kier alpha value is -1.39. The van der Waals surface area contributed by atoms with Crippen molar-refractivity contribution >= 4 is 29.2 Å². The maximum atomic E-state index is 5.91. The van der Waals surface area contributed by atoms with Crippen molar-refractivity contribution in [3.63, 3.8) is 0 Å². The first-order chi connectivity index (χ1) is 7.70. The van der Waals surface area contributed by atoms with Gasteiger partial charge in [-0.2, -0.15) is 0 Å². The minimum Gasteiger partial charge on any atom is -0.356 e. The van der Waals surface area contributed by atoms with E-state index in [0.29, 0.717) is 21.7 Å². The highest BCUT2D eigenvalue weighted by Gasteiger charge is 2.04. The summed E-state index contributed by atoms with van der Waals surface area (Å²) in [7, 11) is 1.73. The Morgan fingerprint density at radius 3 is 2.50 bits per heavy atom. The second-order valence-corrected chi connectivity index (χ2v) is 3.86. The summed E-state index contributed by atoms with van der Waals surface area (Å²) in [6.07, 6.45) is 1.62. The van der Waals surface area contributed by atoms with Gasteiger partial charge in [0, 0.05) is 12.6 Å². The summed E-state index contributed by atoms with van der Waals surface area (Å²) < 4.78 is 0. The largest absolute Gasteiger partial charge is 0.356 e. The maximum Gasteiger partial charge on any atom is 0.242 e. The molecule has 82 valence electrons. The van der Waals surface area contributed by atoms with E-state index in [4.69, 9.17) is 23.2 Å². The van der Waals surface area contributed by atoms with Gasteiger partial charge in [0.2, 0.25) is 5.95 Å². The maximum absolute atomic E-state index is 5.91. The molecule has 2 aromatic rings. The SMILES string of the molecule is CNc1ncc(-c2ccc(Cl)c(Cl)c2)nn1. The molecule has 0 saturated carbocycles. The van der Waals surface area contributed by atoms with E-state index in [0.717, 1.165) is 5.56 Å². The quantitative estimate of drug-likeness (QED) is 0.896. The molecule has 1 N–H and O–H groups in total. The van der Waals surface area contributed by atoms with Crippen LogP contribution >= 0.6 is 23.2 Å². The zero-order valence-electron chi connectivity index (χ0n) is 8.41. The lowest BCUT2D eigenvalue weighted by atomic mass is 10.2. The Balaban J connectivity index is 2.38. The van der Waals surface area contributed by atoms with Crippen LogP contribution in [0.5, 0.6) is 0 Å². The third kappa shape index (κ3) is 2.23. The van der Waals surface area contributed by atoms with Crippen LogP contribution in [0.3, 0.4) is 0 Å². The summed E-state index contributed by atoms with van der Waals surface area (Å²) in [5.41, 5.74) is 1.48. The van der Waals surface area contributed by atoms with Crippen LogP contribution in [0.15, 0.2) is 24.4 Å². The van der Waals surface area contributed by atoms with Gasteiger partial charge in [0.15, 0.2) is 0 Å². The lowest BCUT2D eigenvalue weighted by Crippen LogP contribution is -1.98. The number of nitrogens with one attached hydrogen (secondary N) is 1. The van der Waals surface area contributed by atoms with Crippen molar-refractivity contribution in [1.29, 1.82) is 0 Å². The predicted octanol–water partition coefficient (Wildman–Crippen LogP) is 2.89. The van der Waals surface area contributed by atoms with Crippen LogP contribution in [0.2, 0.25) is 10.0 Å². The van der Waals surface area contributed by atoms with Gasteiger partial charge in [0.1, 0.15) is 5.69 Å². The fourth-order valence-electron chi connectivity index (χ4n) is 1.18. The van der Waals surface area contributed by atoms with E-state index in [9.17, 15) is 0 Å². The van der Waals surface area contributed by atoms with Crippen LogP contribution in [-0.2, 0) is 0 Å². The average molecular weight is 255 g/mol. The molecule has 1 aromatic carbocycles. The number of halogens is 2. The molecule has 0 saturated heterocycles. The smallest absolute Gasteiger partial charge is 0.242 e. The number of aromatic nitrogens is 3. The van der Waals surface area contributed by atoms with Gasteiger partial charge in [-0.1, -0.05) is 29.3 Å². The second-order valence-electron chi connectivity index (χ2n) is 3.05. The molecule has 0 amide bonds. The van der Waals surface area contributed by atoms with Gasteiger partial charge in [-0.25, -0.2) is 4.98 Å². The fourth-order valence-corrected chi connectivity index (χ4v) is 1.48. The van der Waals surface area contributed by atoms with Crippen LogP contribution in [0.4, 0.5) is 5.95 Å². The number of hydrogen-bond donors (Lipinski definition) is 1. The van der Waals surface area contributed by atoms with Gasteiger partial charge in [-0.15, -0.1) is 10.2 Å². The van der Waals surface area contributed by atoms with Crippen LogP contribution in [0, 0.1) is 0 Å². The molecule has 0 radical (unpaired) electrons. The molecular formula is C10H8Cl2N4.